The first kappa shape index (κ1) is 27.4. The fourth-order valence-corrected chi connectivity index (χ4v) is 5.23. The van der Waals surface area contributed by atoms with Gasteiger partial charge in [0.2, 0.25) is 0 Å². The van der Waals surface area contributed by atoms with Gasteiger partial charge in [-0.25, -0.2) is 24.3 Å². The molecule has 1 aromatic carbocycles. The predicted molar refractivity (Wildman–Crippen MR) is 145 cm³/mol. The number of aliphatic hydroxyl groups excluding tert-OH is 2. The molecule has 4 atom stereocenters. The van der Waals surface area contributed by atoms with Crippen molar-refractivity contribution in [2.24, 2.45) is 0 Å². The van der Waals surface area contributed by atoms with Gasteiger partial charge in [-0.3, -0.25) is 9.47 Å². The first-order valence-corrected chi connectivity index (χ1v) is 13.5. The molecular formula is C27H37FN8O3. The lowest BCUT2D eigenvalue weighted by atomic mass is 10.0. The maximum Gasteiger partial charge on any atom is 0.167 e. The first-order chi connectivity index (χ1) is 18.6. The molecule has 12 heteroatoms. The molecule has 0 aliphatic carbocycles. The number of imidazole rings is 2. The normalized spacial score (nSPS) is 21.9. The third kappa shape index (κ3) is 5.46. The van der Waals surface area contributed by atoms with Gasteiger partial charge in [0.15, 0.2) is 17.7 Å². The van der Waals surface area contributed by atoms with Crippen molar-refractivity contribution in [2.75, 3.05) is 18.8 Å². The fraction of sp³-hybridized carbons (Fsp3) is 0.556. The van der Waals surface area contributed by atoms with Gasteiger partial charge in [-0.1, -0.05) is 13.8 Å². The summed E-state index contributed by atoms with van der Waals surface area (Å²) < 4.78 is 22.1. The summed E-state index contributed by atoms with van der Waals surface area (Å²) in [5, 5.41) is 21.6. The van der Waals surface area contributed by atoms with E-state index in [9.17, 15) is 14.6 Å². The zero-order valence-electron chi connectivity index (χ0n) is 22.8. The lowest BCUT2D eigenvalue weighted by Gasteiger charge is -2.30. The third-order valence-electron chi connectivity index (χ3n) is 7.52. The van der Waals surface area contributed by atoms with E-state index in [1.807, 2.05) is 19.9 Å². The highest BCUT2D eigenvalue weighted by atomic mass is 19.1. The summed E-state index contributed by atoms with van der Waals surface area (Å²) in [6, 6.07) is 3.58. The zero-order chi connectivity index (χ0) is 27.8. The number of fused-ring (bicyclic) bond motifs is 2. The third-order valence-corrected chi connectivity index (χ3v) is 7.52. The molecule has 4 heterocycles. The molecule has 0 radical (unpaired) electrons. The highest BCUT2D eigenvalue weighted by Crippen LogP contribution is 2.32. The molecule has 1 aliphatic rings. The molecule has 3 aromatic heterocycles. The maximum absolute atomic E-state index is 14.3. The van der Waals surface area contributed by atoms with Crippen LogP contribution in [0.2, 0.25) is 0 Å². The number of aryl methyl sites for hydroxylation is 1. The molecule has 210 valence electrons. The van der Waals surface area contributed by atoms with Crippen LogP contribution >= 0.6 is 0 Å². The lowest BCUT2D eigenvalue weighted by Crippen LogP contribution is -2.43. The van der Waals surface area contributed by atoms with E-state index >= 15 is 0 Å². The number of hydrogen-bond acceptors (Lipinski definition) is 9. The Hall–Kier alpha value is -3.19. The van der Waals surface area contributed by atoms with Gasteiger partial charge in [0.05, 0.1) is 17.4 Å². The zero-order valence-corrected chi connectivity index (χ0v) is 22.8. The summed E-state index contributed by atoms with van der Waals surface area (Å²) in [4.78, 5) is 22.6. The van der Waals surface area contributed by atoms with Gasteiger partial charge in [-0.2, -0.15) is 0 Å². The standard InChI is InChI=1S/C27H37FN8O3/c1-14(2)16-9-18-19(10-17(16)28)34-21(33-18)7-5-6-8-35(15(3)4)11-20-23(37)24(38)27(39-20)36-13-32-22-25(29)30-12-31-26(22)36/h9-10,12-15,20,23-24,27,37-38H,5-8,11H2,1-4H3,(H,33,34)(H2,29,30,31)/t20-,23-,24-,27-/m1/s1. The highest BCUT2D eigenvalue weighted by molar-refractivity contribution is 5.81. The van der Waals surface area contributed by atoms with E-state index in [2.05, 4.69) is 43.7 Å². The summed E-state index contributed by atoms with van der Waals surface area (Å²) >= 11 is 0. The van der Waals surface area contributed by atoms with Crippen LogP contribution in [0.5, 0.6) is 0 Å². The summed E-state index contributed by atoms with van der Waals surface area (Å²) in [5.41, 5.74) is 8.94. The van der Waals surface area contributed by atoms with Crippen molar-refractivity contribution < 1.29 is 19.3 Å². The number of nitrogens with two attached hydrogens (primary N) is 1. The van der Waals surface area contributed by atoms with Crippen molar-refractivity contribution in [3.63, 3.8) is 0 Å². The number of aliphatic hydroxyl groups is 2. The molecule has 5 rings (SSSR count). The van der Waals surface area contributed by atoms with Gasteiger partial charge in [0.25, 0.3) is 0 Å². The Morgan fingerprint density at radius 1 is 1.13 bits per heavy atom. The molecule has 1 fully saturated rings. The average molecular weight is 541 g/mol. The number of aromatic nitrogens is 6. The number of aromatic amines is 1. The van der Waals surface area contributed by atoms with Crippen LogP contribution in [0.1, 0.15) is 64.1 Å². The number of halogens is 1. The largest absolute Gasteiger partial charge is 0.387 e. The monoisotopic (exact) mass is 540 g/mol. The SMILES string of the molecule is CC(C)c1cc2[nH]c(CCCCN(C[C@H]3O[C@@H](n4cnc5c(N)ncnc54)[C@H](O)[C@@H]3O)C(C)C)nc2cc1F. The van der Waals surface area contributed by atoms with Crippen LogP contribution in [0.25, 0.3) is 22.2 Å². The average Bonchev–Trinajstić information content (AvgIpc) is 3.57. The number of hydrogen-bond donors (Lipinski definition) is 4. The number of nitrogen functional groups attached to an aromatic ring is 1. The van der Waals surface area contributed by atoms with Crippen molar-refractivity contribution in [1.29, 1.82) is 0 Å². The van der Waals surface area contributed by atoms with Gasteiger partial charge in [0.1, 0.15) is 41.8 Å². The summed E-state index contributed by atoms with van der Waals surface area (Å²) in [6.07, 6.45) is 1.72. The van der Waals surface area contributed by atoms with Crippen LogP contribution in [0.4, 0.5) is 10.2 Å². The highest BCUT2D eigenvalue weighted by Gasteiger charge is 2.45. The van der Waals surface area contributed by atoms with E-state index in [-0.39, 0.29) is 23.6 Å². The smallest absolute Gasteiger partial charge is 0.167 e. The Kier molecular flexibility index (Phi) is 7.81. The van der Waals surface area contributed by atoms with Gasteiger partial charge in [-0.05, 0) is 50.8 Å². The van der Waals surface area contributed by atoms with Crippen LogP contribution in [0.3, 0.4) is 0 Å². The Balaban J connectivity index is 1.18. The van der Waals surface area contributed by atoms with Crippen molar-refractivity contribution in [1.82, 2.24) is 34.4 Å². The van der Waals surface area contributed by atoms with Crippen molar-refractivity contribution in [3.05, 3.63) is 42.0 Å². The van der Waals surface area contributed by atoms with E-state index in [1.54, 1.807) is 4.57 Å². The molecule has 11 nitrogen and oxygen atoms in total. The maximum atomic E-state index is 14.3. The van der Waals surface area contributed by atoms with Crippen LogP contribution < -0.4 is 5.73 Å². The predicted octanol–water partition coefficient (Wildman–Crippen LogP) is 2.90. The minimum atomic E-state index is -1.15. The van der Waals surface area contributed by atoms with Crippen molar-refractivity contribution in [2.45, 2.75) is 83.5 Å². The molecule has 0 unspecified atom stereocenters. The number of rotatable bonds is 10. The number of anilines is 1. The van der Waals surface area contributed by atoms with Crippen LogP contribution in [-0.2, 0) is 11.2 Å². The van der Waals surface area contributed by atoms with Gasteiger partial charge >= 0.3 is 0 Å². The van der Waals surface area contributed by atoms with Crippen LogP contribution in [-0.4, -0.2) is 82.0 Å². The second-order valence-electron chi connectivity index (χ2n) is 10.9. The second-order valence-corrected chi connectivity index (χ2v) is 10.9. The number of unbranched alkanes of at least 4 members (excludes halogenated alkanes) is 1. The summed E-state index contributed by atoms with van der Waals surface area (Å²) in [7, 11) is 0. The molecular weight excluding hydrogens is 503 g/mol. The van der Waals surface area contributed by atoms with E-state index in [4.69, 9.17) is 10.5 Å². The minimum Gasteiger partial charge on any atom is -0.387 e. The van der Waals surface area contributed by atoms with E-state index in [1.165, 1.54) is 18.7 Å². The second kappa shape index (κ2) is 11.1. The molecule has 1 saturated heterocycles. The molecule has 0 bridgehead atoms. The Morgan fingerprint density at radius 3 is 2.67 bits per heavy atom. The summed E-state index contributed by atoms with van der Waals surface area (Å²) in [5.74, 6) is 0.975. The first-order valence-electron chi connectivity index (χ1n) is 13.5. The quantitative estimate of drug-likeness (QED) is 0.223. The number of H-pyrrole nitrogens is 1. The molecule has 0 saturated carbocycles. The van der Waals surface area contributed by atoms with Crippen LogP contribution in [0.15, 0.2) is 24.8 Å². The summed E-state index contributed by atoms with van der Waals surface area (Å²) in [6.45, 7) is 9.39. The number of nitrogens with one attached hydrogen (secondary N) is 1. The molecule has 5 N–H and O–H groups in total. The van der Waals surface area contributed by atoms with Crippen LogP contribution in [0, 0.1) is 5.82 Å². The van der Waals surface area contributed by atoms with Gasteiger partial charge in [-0.15, -0.1) is 0 Å². The molecule has 39 heavy (non-hydrogen) atoms. The number of nitrogens with zero attached hydrogens (tertiary/aromatic N) is 6. The van der Waals surface area contributed by atoms with E-state index in [0.29, 0.717) is 28.8 Å². The molecule has 1 aliphatic heterocycles. The minimum absolute atomic E-state index is 0.106. The Labute approximate surface area is 226 Å². The lowest BCUT2D eigenvalue weighted by molar-refractivity contribution is -0.0469. The van der Waals surface area contributed by atoms with Crippen molar-refractivity contribution in [3.8, 4) is 0 Å². The number of ether oxygens (including phenoxy) is 1. The Bertz CT molecular complexity index is 1440. The topological polar surface area (TPSA) is 151 Å². The number of benzene rings is 1. The molecule has 0 spiro atoms. The molecule has 4 aromatic rings. The van der Waals surface area contributed by atoms with E-state index in [0.717, 1.165) is 37.1 Å². The van der Waals surface area contributed by atoms with Crippen molar-refractivity contribution >= 4 is 28.0 Å². The fourth-order valence-electron chi connectivity index (χ4n) is 5.23. The van der Waals surface area contributed by atoms with E-state index < -0.39 is 24.5 Å². The molecule has 0 amide bonds. The van der Waals surface area contributed by atoms with Gasteiger partial charge in [0, 0.05) is 25.1 Å². The Morgan fingerprint density at radius 2 is 1.92 bits per heavy atom. The van der Waals surface area contributed by atoms with Gasteiger partial charge < -0.3 is 25.7 Å².